The number of aryl methyl sites for hydroxylation is 1. The zero-order valence-corrected chi connectivity index (χ0v) is 14.4. The highest BCUT2D eigenvalue weighted by molar-refractivity contribution is 5.89. The van der Waals surface area contributed by atoms with E-state index in [1.54, 1.807) is 0 Å². The number of hydrogen-bond acceptors (Lipinski definition) is 3. The molecule has 0 spiro atoms. The van der Waals surface area contributed by atoms with E-state index in [4.69, 9.17) is 0 Å². The molecule has 1 aliphatic carbocycles. The maximum Gasteiger partial charge on any atom is 0.228 e. The Morgan fingerprint density at radius 3 is 2.83 bits per heavy atom. The van der Waals surface area contributed by atoms with Gasteiger partial charge < -0.3 is 9.80 Å². The molecule has 6 heteroatoms. The van der Waals surface area contributed by atoms with E-state index in [2.05, 4.69) is 5.10 Å². The maximum absolute atomic E-state index is 13.1. The molecular weight excluding hydrogens is 304 g/mol. The molecule has 0 unspecified atom stereocenters. The minimum atomic E-state index is -0.141. The summed E-state index contributed by atoms with van der Waals surface area (Å²) in [6.45, 7) is 4.24. The molecule has 1 saturated carbocycles. The summed E-state index contributed by atoms with van der Waals surface area (Å²) < 4.78 is 1.95. The number of likely N-dealkylation sites (tertiary alicyclic amines) is 2. The van der Waals surface area contributed by atoms with Crippen molar-refractivity contribution in [2.45, 2.75) is 64.1 Å². The summed E-state index contributed by atoms with van der Waals surface area (Å²) in [7, 11) is 0. The Labute approximate surface area is 142 Å². The highest BCUT2D eigenvalue weighted by Crippen LogP contribution is 2.34. The van der Waals surface area contributed by atoms with Gasteiger partial charge in [0.2, 0.25) is 11.8 Å². The van der Waals surface area contributed by atoms with Gasteiger partial charge in [-0.3, -0.25) is 14.3 Å². The van der Waals surface area contributed by atoms with Gasteiger partial charge in [0.15, 0.2) is 0 Å². The van der Waals surface area contributed by atoms with E-state index in [9.17, 15) is 9.59 Å². The molecule has 6 nitrogen and oxygen atoms in total. The molecular formula is C18H26N4O2. The van der Waals surface area contributed by atoms with E-state index < -0.39 is 0 Å². The fraction of sp³-hybridized carbons (Fsp3) is 0.722. The van der Waals surface area contributed by atoms with Crippen molar-refractivity contribution in [3.05, 3.63) is 18.0 Å². The van der Waals surface area contributed by atoms with Gasteiger partial charge in [-0.1, -0.05) is 0 Å². The van der Waals surface area contributed by atoms with Crippen molar-refractivity contribution in [1.29, 1.82) is 0 Å². The number of amides is 2. The molecule has 2 amide bonds. The first-order chi connectivity index (χ1) is 11.6. The van der Waals surface area contributed by atoms with Crippen LogP contribution >= 0.6 is 0 Å². The molecule has 0 aromatic carbocycles. The normalized spacial score (nSPS) is 27.8. The topological polar surface area (TPSA) is 58.4 Å². The average Bonchev–Trinajstić information content (AvgIpc) is 3.23. The van der Waals surface area contributed by atoms with Gasteiger partial charge in [-0.05, 0) is 44.6 Å². The van der Waals surface area contributed by atoms with Gasteiger partial charge in [0.1, 0.15) is 0 Å². The zero-order valence-electron chi connectivity index (χ0n) is 14.4. The van der Waals surface area contributed by atoms with E-state index >= 15 is 0 Å². The van der Waals surface area contributed by atoms with Crippen LogP contribution in [-0.2, 0) is 16.1 Å². The van der Waals surface area contributed by atoms with Crippen LogP contribution in [0.1, 0.15) is 44.1 Å². The number of piperidine rings is 1. The summed E-state index contributed by atoms with van der Waals surface area (Å²) in [6.07, 6.45) is 9.76. The van der Waals surface area contributed by atoms with E-state index in [0.717, 1.165) is 50.8 Å². The van der Waals surface area contributed by atoms with Gasteiger partial charge in [0.05, 0.1) is 24.7 Å². The first kappa shape index (κ1) is 15.7. The molecule has 2 atom stereocenters. The van der Waals surface area contributed by atoms with Crippen molar-refractivity contribution in [1.82, 2.24) is 19.6 Å². The Morgan fingerprint density at radius 1 is 1.29 bits per heavy atom. The second-order valence-corrected chi connectivity index (χ2v) is 7.60. The van der Waals surface area contributed by atoms with E-state index in [1.807, 2.05) is 33.8 Å². The number of aromatic nitrogens is 2. The lowest BCUT2D eigenvalue weighted by Crippen LogP contribution is -2.48. The van der Waals surface area contributed by atoms with E-state index in [0.29, 0.717) is 19.0 Å². The van der Waals surface area contributed by atoms with Crippen molar-refractivity contribution >= 4 is 11.8 Å². The molecule has 2 saturated heterocycles. The summed E-state index contributed by atoms with van der Waals surface area (Å²) in [5.41, 5.74) is 1.14. The summed E-state index contributed by atoms with van der Waals surface area (Å²) in [5, 5.41) is 4.37. The molecule has 0 bridgehead atoms. The quantitative estimate of drug-likeness (QED) is 0.842. The van der Waals surface area contributed by atoms with Crippen LogP contribution < -0.4 is 0 Å². The lowest BCUT2D eigenvalue weighted by Gasteiger charge is -2.37. The Morgan fingerprint density at radius 2 is 2.12 bits per heavy atom. The molecule has 4 rings (SSSR count). The molecule has 130 valence electrons. The predicted molar refractivity (Wildman–Crippen MR) is 89.2 cm³/mol. The van der Waals surface area contributed by atoms with E-state index in [1.165, 1.54) is 0 Å². The molecule has 0 N–H and O–H groups in total. The Bertz CT molecular complexity index is 637. The van der Waals surface area contributed by atoms with Gasteiger partial charge in [-0.25, -0.2) is 0 Å². The van der Waals surface area contributed by atoms with Crippen LogP contribution in [0, 0.1) is 12.8 Å². The van der Waals surface area contributed by atoms with Crippen molar-refractivity contribution in [3.8, 4) is 0 Å². The first-order valence-electron chi connectivity index (χ1n) is 9.21. The van der Waals surface area contributed by atoms with Gasteiger partial charge >= 0.3 is 0 Å². The van der Waals surface area contributed by atoms with Crippen LogP contribution in [0.5, 0.6) is 0 Å². The van der Waals surface area contributed by atoms with Gasteiger partial charge in [0.25, 0.3) is 0 Å². The van der Waals surface area contributed by atoms with Crippen molar-refractivity contribution < 1.29 is 9.59 Å². The summed E-state index contributed by atoms with van der Waals surface area (Å²) >= 11 is 0. The third-order valence-electron chi connectivity index (χ3n) is 5.57. The lowest BCUT2D eigenvalue weighted by atomic mass is 9.98. The number of rotatable bonds is 4. The van der Waals surface area contributed by atoms with Crippen molar-refractivity contribution in [3.63, 3.8) is 0 Å². The fourth-order valence-electron chi connectivity index (χ4n) is 4.13. The minimum Gasteiger partial charge on any atom is -0.339 e. The summed E-state index contributed by atoms with van der Waals surface area (Å²) in [5.74, 6) is 0.213. The second kappa shape index (κ2) is 6.22. The SMILES string of the molecule is Cc1cnn(C[C@H]2CCCCN2C(=O)[C@@H]2CC(=O)N(C3CC3)C2)c1. The molecule has 0 radical (unpaired) electrons. The van der Waals surface area contributed by atoms with Gasteiger partial charge in [0, 0.05) is 31.7 Å². The van der Waals surface area contributed by atoms with Crippen LogP contribution in [0.3, 0.4) is 0 Å². The fourth-order valence-corrected chi connectivity index (χ4v) is 4.13. The largest absolute Gasteiger partial charge is 0.339 e. The van der Waals surface area contributed by atoms with Crippen LogP contribution in [0.2, 0.25) is 0 Å². The Balaban J connectivity index is 1.44. The molecule has 1 aromatic rings. The summed E-state index contributed by atoms with van der Waals surface area (Å²) in [4.78, 5) is 29.2. The van der Waals surface area contributed by atoms with Crippen molar-refractivity contribution in [2.24, 2.45) is 5.92 Å². The van der Waals surface area contributed by atoms with Crippen LogP contribution in [-0.4, -0.2) is 56.6 Å². The number of hydrogen-bond donors (Lipinski definition) is 0. The number of carbonyl (C=O) groups is 2. The maximum atomic E-state index is 13.1. The van der Waals surface area contributed by atoms with Gasteiger partial charge in [-0.15, -0.1) is 0 Å². The van der Waals surface area contributed by atoms with Crippen LogP contribution in [0.25, 0.3) is 0 Å². The Hall–Kier alpha value is -1.85. The van der Waals surface area contributed by atoms with Crippen LogP contribution in [0.4, 0.5) is 0 Å². The van der Waals surface area contributed by atoms with Gasteiger partial charge in [-0.2, -0.15) is 5.10 Å². The Kier molecular flexibility index (Phi) is 4.06. The highest BCUT2D eigenvalue weighted by Gasteiger charge is 2.43. The lowest BCUT2D eigenvalue weighted by molar-refractivity contribution is -0.139. The zero-order chi connectivity index (χ0) is 16.7. The monoisotopic (exact) mass is 330 g/mol. The third kappa shape index (κ3) is 3.06. The smallest absolute Gasteiger partial charge is 0.228 e. The number of nitrogens with zero attached hydrogens (tertiary/aromatic N) is 4. The van der Waals surface area contributed by atoms with Crippen molar-refractivity contribution in [2.75, 3.05) is 13.1 Å². The molecule has 24 heavy (non-hydrogen) atoms. The molecule has 3 heterocycles. The second-order valence-electron chi connectivity index (χ2n) is 7.60. The average molecular weight is 330 g/mol. The molecule has 3 fully saturated rings. The highest BCUT2D eigenvalue weighted by atomic mass is 16.2. The molecule has 1 aromatic heterocycles. The molecule has 3 aliphatic rings. The molecule has 2 aliphatic heterocycles. The van der Waals surface area contributed by atoms with Crippen LogP contribution in [0.15, 0.2) is 12.4 Å². The number of carbonyl (C=O) groups excluding carboxylic acids is 2. The first-order valence-corrected chi connectivity index (χ1v) is 9.21. The predicted octanol–water partition coefficient (Wildman–Crippen LogP) is 1.58. The van der Waals surface area contributed by atoms with E-state index in [-0.39, 0.29) is 23.8 Å². The third-order valence-corrected chi connectivity index (χ3v) is 5.57. The standard InChI is InChI=1S/C18H26N4O2/c1-13-9-19-20(10-13)12-16-4-2-3-7-21(16)18(24)14-8-17(23)22(11-14)15-5-6-15/h9-10,14-16H,2-8,11-12H2,1H3/t14-,16-/m1/s1. The minimum absolute atomic E-state index is 0.141. The summed E-state index contributed by atoms with van der Waals surface area (Å²) in [6, 6.07) is 0.620.